The van der Waals surface area contributed by atoms with E-state index < -0.39 is 5.97 Å². The molecule has 0 bridgehead atoms. The van der Waals surface area contributed by atoms with Gasteiger partial charge in [0.2, 0.25) is 0 Å². The topological polar surface area (TPSA) is 86.6 Å². The summed E-state index contributed by atoms with van der Waals surface area (Å²) in [5, 5.41) is 12.3. The molecule has 1 amide bonds. The summed E-state index contributed by atoms with van der Waals surface area (Å²) in [7, 11) is 1.98. The van der Waals surface area contributed by atoms with Crippen molar-refractivity contribution in [2.75, 3.05) is 33.2 Å². The van der Waals surface area contributed by atoms with Crippen LogP contribution in [0.5, 0.6) is 0 Å². The fourth-order valence-corrected chi connectivity index (χ4v) is 2.25. The van der Waals surface area contributed by atoms with Crippen molar-refractivity contribution >= 4 is 23.4 Å². The van der Waals surface area contributed by atoms with Crippen LogP contribution in [0, 0.1) is 0 Å². The number of piperazine rings is 1. The normalized spacial score (nSPS) is 17.1. The summed E-state index contributed by atoms with van der Waals surface area (Å²) in [5.74, 6) is -1.50. The van der Waals surface area contributed by atoms with Gasteiger partial charge in [-0.15, -0.1) is 5.10 Å². The zero-order valence-corrected chi connectivity index (χ0v) is 10.1. The van der Waals surface area contributed by atoms with Crippen LogP contribution in [0.1, 0.15) is 20.2 Å². The van der Waals surface area contributed by atoms with Crippen LogP contribution in [0.25, 0.3) is 0 Å². The summed E-state index contributed by atoms with van der Waals surface area (Å²) in [4.78, 5) is 26.8. The van der Waals surface area contributed by atoms with Crippen LogP contribution >= 0.6 is 11.5 Å². The molecule has 2 heterocycles. The van der Waals surface area contributed by atoms with Gasteiger partial charge < -0.3 is 14.9 Å². The lowest BCUT2D eigenvalue weighted by Crippen LogP contribution is -2.47. The Labute approximate surface area is 102 Å². The highest BCUT2D eigenvalue weighted by molar-refractivity contribution is 7.08. The molecule has 1 aromatic heterocycles. The first-order valence-corrected chi connectivity index (χ1v) is 5.90. The fraction of sp³-hybridized carbons (Fsp3) is 0.556. The van der Waals surface area contributed by atoms with E-state index in [-0.39, 0.29) is 16.5 Å². The predicted molar refractivity (Wildman–Crippen MR) is 60.3 cm³/mol. The second-order valence-electron chi connectivity index (χ2n) is 3.85. The molecule has 1 aromatic rings. The number of hydrogen-bond donors (Lipinski definition) is 1. The number of hydrogen-bond acceptors (Lipinski definition) is 6. The summed E-state index contributed by atoms with van der Waals surface area (Å²) < 4.78 is 3.53. The van der Waals surface area contributed by atoms with Gasteiger partial charge in [-0.05, 0) is 18.6 Å². The number of amides is 1. The number of nitrogens with zero attached hydrogens (tertiary/aromatic N) is 4. The Morgan fingerprint density at radius 3 is 2.53 bits per heavy atom. The largest absolute Gasteiger partial charge is 0.476 e. The van der Waals surface area contributed by atoms with Crippen molar-refractivity contribution in [3.8, 4) is 0 Å². The Bertz CT molecular complexity index is 439. The number of carboxylic acid groups (broad SMARTS) is 1. The monoisotopic (exact) mass is 256 g/mol. The molecule has 0 aromatic carbocycles. The maximum absolute atomic E-state index is 12.1. The van der Waals surface area contributed by atoms with Crippen molar-refractivity contribution < 1.29 is 14.7 Å². The lowest BCUT2D eigenvalue weighted by molar-refractivity contribution is 0.0637. The van der Waals surface area contributed by atoms with Gasteiger partial charge in [-0.2, -0.15) is 0 Å². The van der Waals surface area contributed by atoms with Crippen molar-refractivity contribution in [3.63, 3.8) is 0 Å². The molecule has 1 fully saturated rings. The second-order valence-corrected chi connectivity index (χ2v) is 4.61. The highest BCUT2D eigenvalue weighted by Gasteiger charge is 2.27. The van der Waals surface area contributed by atoms with Crippen LogP contribution in [0.15, 0.2) is 0 Å². The standard InChI is InChI=1S/C9H12N4O3S/c1-12-2-4-13(5-3-12)8(14)7-6(9(15)16)10-11-17-7/h2-5H2,1H3,(H,15,16). The summed E-state index contributed by atoms with van der Waals surface area (Å²) in [6.07, 6.45) is 0. The lowest BCUT2D eigenvalue weighted by atomic mass is 10.3. The molecule has 17 heavy (non-hydrogen) atoms. The van der Waals surface area contributed by atoms with Gasteiger partial charge >= 0.3 is 5.97 Å². The van der Waals surface area contributed by atoms with Gasteiger partial charge in [0, 0.05) is 26.2 Å². The average Bonchev–Trinajstić information content (AvgIpc) is 2.78. The molecule has 0 spiro atoms. The first-order valence-electron chi connectivity index (χ1n) is 5.13. The third kappa shape index (κ3) is 2.42. The Morgan fingerprint density at radius 2 is 1.94 bits per heavy atom. The molecular formula is C9H12N4O3S. The molecule has 0 radical (unpaired) electrons. The van der Waals surface area contributed by atoms with Gasteiger partial charge in [-0.1, -0.05) is 4.49 Å². The van der Waals surface area contributed by atoms with Gasteiger partial charge in [0.05, 0.1) is 0 Å². The van der Waals surface area contributed by atoms with E-state index in [9.17, 15) is 9.59 Å². The minimum absolute atomic E-state index is 0.113. The predicted octanol–water partition coefficient (Wildman–Crippen LogP) is -0.376. The fourth-order valence-electron chi connectivity index (χ4n) is 1.62. The molecule has 7 nitrogen and oxygen atoms in total. The number of carbonyl (C=O) groups is 2. The Morgan fingerprint density at radius 1 is 1.29 bits per heavy atom. The molecule has 1 saturated heterocycles. The van der Waals surface area contributed by atoms with E-state index in [0.717, 1.165) is 24.6 Å². The van der Waals surface area contributed by atoms with Crippen molar-refractivity contribution in [2.24, 2.45) is 0 Å². The summed E-state index contributed by atoms with van der Waals surface area (Å²) in [6.45, 7) is 2.79. The van der Waals surface area contributed by atoms with Gasteiger partial charge in [0.15, 0.2) is 5.69 Å². The van der Waals surface area contributed by atoms with Gasteiger partial charge in [-0.25, -0.2) is 4.79 Å². The van der Waals surface area contributed by atoms with Crippen LogP contribution in [0.4, 0.5) is 0 Å². The van der Waals surface area contributed by atoms with Gasteiger partial charge in [-0.3, -0.25) is 4.79 Å². The van der Waals surface area contributed by atoms with E-state index in [1.807, 2.05) is 7.05 Å². The molecule has 1 N–H and O–H groups in total. The number of rotatable bonds is 2. The SMILES string of the molecule is CN1CCN(C(=O)c2snnc2C(=O)O)CC1. The molecule has 0 aliphatic carbocycles. The number of aromatic nitrogens is 2. The smallest absolute Gasteiger partial charge is 0.358 e. The van der Waals surface area contributed by atoms with Crippen molar-refractivity contribution in [1.29, 1.82) is 0 Å². The van der Waals surface area contributed by atoms with Crippen molar-refractivity contribution in [2.45, 2.75) is 0 Å². The second kappa shape index (κ2) is 4.76. The summed E-state index contributed by atoms with van der Waals surface area (Å²) in [6, 6.07) is 0. The average molecular weight is 256 g/mol. The minimum atomic E-state index is -1.21. The Balaban J connectivity index is 2.14. The lowest BCUT2D eigenvalue weighted by Gasteiger charge is -2.31. The number of aromatic carboxylic acids is 1. The summed E-state index contributed by atoms with van der Waals surface area (Å²) >= 11 is 0.834. The molecule has 2 rings (SSSR count). The van der Waals surface area contributed by atoms with Crippen LogP contribution in [0.2, 0.25) is 0 Å². The van der Waals surface area contributed by atoms with Gasteiger partial charge in [0.25, 0.3) is 5.91 Å². The van der Waals surface area contributed by atoms with Crippen LogP contribution in [-0.2, 0) is 0 Å². The van der Waals surface area contributed by atoms with E-state index in [0.29, 0.717) is 13.1 Å². The van der Waals surface area contributed by atoms with Gasteiger partial charge in [0.1, 0.15) is 4.88 Å². The van der Waals surface area contributed by atoms with E-state index in [2.05, 4.69) is 14.5 Å². The van der Waals surface area contributed by atoms with Crippen molar-refractivity contribution in [3.05, 3.63) is 10.6 Å². The molecule has 1 aliphatic heterocycles. The maximum atomic E-state index is 12.1. The zero-order valence-electron chi connectivity index (χ0n) is 9.29. The maximum Gasteiger partial charge on any atom is 0.358 e. The minimum Gasteiger partial charge on any atom is -0.476 e. The van der Waals surface area contributed by atoms with Crippen molar-refractivity contribution in [1.82, 2.24) is 19.4 Å². The third-order valence-electron chi connectivity index (χ3n) is 2.68. The Kier molecular flexibility index (Phi) is 3.34. The molecule has 0 unspecified atom stereocenters. The first kappa shape index (κ1) is 11.9. The van der Waals surface area contributed by atoms with E-state index in [4.69, 9.17) is 5.11 Å². The zero-order chi connectivity index (χ0) is 12.4. The third-order valence-corrected chi connectivity index (χ3v) is 3.39. The highest BCUT2D eigenvalue weighted by Crippen LogP contribution is 2.15. The van der Waals surface area contributed by atoms with E-state index in [1.165, 1.54) is 0 Å². The Hall–Kier alpha value is -1.54. The van der Waals surface area contributed by atoms with Crippen LogP contribution in [-0.4, -0.2) is 69.6 Å². The van der Waals surface area contributed by atoms with Crippen LogP contribution < -0.4 is 0 Å². The molecule has 8 heteroatoms. The first-order chi connectivity index (χ1) is 8.09. The molecule has 0 saturated carbocycles. The van der Waals surface area contributed by atoms with E-state index in [1.54, 1.807) is 4.90 Å². The number of carboxylic acids is 1. The number of likely N-dealkylation sites (N-methyl/N-ethyl adjacent to an activating group) is 1. The molecule has 0 atom stereocenters. The number of carbonyl (C=O) groups excluding carboxylic acids is 1. The molecule has 92 valence electrons. The molecular weight excluding hydrogens is 244 g/mol. The van der Waals surface area contributed by atoms with Crippen LogP contribution in [0.3, 0.4) is 0 Å². The highest BCUT2D eigenvalue weighted by atomic mass is 32.1. The summed E-state index contributed by atoms with van der Waals surface area (Å²) in [5.41, 5.74) is -0.251. The van der Waals surface area contributed by atoms with E-state index >= 15 is 0 Å². The molecule has 1 aliphatic rings. The quantitative estimate of drug-likeness (QED) is 0.776.